The molecule has 2 aliphatic rings. The van der Waals surface area contributed by atoms with Crippen LogP contribution in [-0.4, -0.2) is 67.7 Å². The van der Waals surface area contributed by atoms with E-state index in [9.17, 15) is 14.4 Å². The largest absolute Gasteiger partial charge is 0.371 e. The first kappa shape index (κ1) is 24.6. The molecule has 7 heteroatoms. The lowest BCUT2D eigenvalue weighted by Crippen LogP contribution is -2.47. The van der Waals surface area contributed by atoms with Gasteiger partial charge in [-0.3, -0.25) is 14.4 Å². The Hall–Kier alpha value is -2.08. The van der Waals surface area contributed by atoms with Crippen molar-refractivity contribution < 1.29 is 14.4 Å². The summed E-state index contributed by atoms with van der Waals surface area (Å²) in [5.41, 5.74) is 0.966. The Kier molecular flexibility index (Phi) is 7.53. The first-order valence-corrected chi connectivity index (χ1v) is 12.0. The van der Waals surface area contributed by atoms with Crippen LogP contribution < -0.4 is 4.90 Å². The molecule has 0 N–H and O–H groups in total. The van der Waals surface area contributed by atoms with Gasteiger partial charge >= 0.3 is 0 Å². The average Bonchev–Trinajstić information content (AvgIpc) is 2.77. The van der Waals surface area contributed by atoms with Crippen LogP contribution in [0, 0.1) is 17.3 Å². The molecular formula is C25H36ClN3O3. The molecule has 6 nitrogen and oxygen atoms in total. The number of amides is 2. The molecule has 0 aliphatic carbocycles. The van der Waals surface area contributed by atoms with Crippen LogP contribution in [-0.2, 0) is 9.59 Å². The van der Waals surface area contributed by atoms with Gasteiger partial charge in [-0.25, -0.2) is 0 Å². The van der Waals surface area contributed by atoms with Crippen molar-refractivity contribution >= 4 is 34.9 Å². The van der Waals surface area contributed by atoms with E-state index in [0.717, 1.165) is 44.5 Å². The van der Waals surface area contributed by atoms with Crippen LogP contribution in [0.4, 0.5) is 5.69 Å². The normalized spacial score (nSPS) is 18.6. The molecule has 0 atom stereocenters. The molecule has 0 aromatic heterocycles. The number of benzene rings is 1. The summed E-state index contributed by atoms with van der Waals surface area (Å²) in [6.07, 6.45) is 4.16. The van der Waals surface area contributed by atoms with Crippen molar-refractivity contribution in [1.82, 2.24) is 9.80 Å². The molecule has 0 bridgehead atoms. The van der Waals surface area contributed by atoms with Gasteiger partial charge in [0.05, 0.1) is 10.6 Å². The number of nitrogens with zero attached hydrogens (tertiary/aromatic N) is 3. The monoisotopic (exact) mass is 461 g/mol. The predicted octanol–water partition coefficient (Wildman–Crippen LogP) is 4.11. The number of rotatable bonds is 4. The van der Waals surface area contributed by atoms with Crippen LogP contribution in [0.5, 0.6) is 0 Å². The highest BCUT2D eigenvalue weighted by atomic mass is 35.5. The smallest absolute Gasteiger partial charge is 0.290 e. The molecule has 176 valence electrons. The Labute approximate surface area is 196 Å². The maximum atomic E-state index is 12.5. The van der Waals surface area contributed by atoms with Gasteiger partial charge < -0.3 is 14.7 Å². The molecule has 0 unspecified atom stereocenters. The fourth-order valence-corrected chi connectivity index (χ4v) is 5.04. The molecule has 2 saturated heterocycles. The van der Waals surface area contributed by atoms with Gasteiger partial charge in [0.25, 0.3) is 11.8 Å². The first-order chi connectivity index (χ1) is 15.0. The third-order valence-electron chi connectivity index (χ3n) is 6.86. The van der Waals surface area contributed by atoms with Crippen LogP contribution in [0.2, 0.25) is 5.02 Å². The highest BCUT2D eigenvalue weighted by Crippen LogP contribution is 2.35. The van der Waals surface area contributed by atoms with Gasteiger partial charge in [0.15, 0.2) is 0 Å². The van der Waals surface area contributed by atoms with Crippen molar-refractivity contribution in [1.29, 1.82) is 0 Å². The van der Waals surface area contributed by atoms with E-state index < -0.39 is 5.41 Å². The second kappa shape index (κ2) is 9.82. The number of ketones is 1. The number of carbonyl (C=O) groups excluding carboxylic acids is 3. The number of carbonyl (C=O) groups is 3. The minimum Gasteiger partial charge on any atom is -0.371 e. The quantitative estimate of drug-likeness (QED) is 0.633. The SMILES string of the molecule is CN(C)C(=O)c1ccc(N2CCC(C3CCN(C(=O)C(=O)C(C)(C)C)CC3)CC2)cc1Cl. The van der Waals surface area contributed by atoms with E-state index in [1.54, 1.807) is 39.8 Å². The van der Waals surface area contributed by atoms with Crippen molar-refractivity contribution in [2.45, 2.75) is 46.5 Å². The van der Waals surface area contributed by atoms with E-state index in [1.807, 2.05) is 18.2 Å². The van der Waals surface area contributed by atoms with Crippen molar-refractivity contribution in [2.75, 3.05) is 45.2 Å². The molecule has 2 amide bonds. The summed E-state index contributed by atoms with van der Waals surface area (Å²) < 4.78 is 0. The van der Waals surface area contributed by atoms with E-state index >= 15 is 0 Å². The first-order valence-electron chi connectivity index (χ1n) is 11.6. The van der Waals surface area contributed by atoms with Crippen LogP contribution in [0.3, 0.4) is 0 Å². The molecule has 0 radical (unpaired) electrons. The van der Waals surface area contributed by atoms with Gasteiger partial charge in [-0.2, -0.15) is 0 Å². The highest BCUT2D eigenvalue weighted by Gasteiger charge is 2.36. The lowest BCUT2D eigenvalue weighted by Gasteiger charge is -2.41. The maximum Gasteiger partial charge on any atom is 0.290 e. The second-order valence-corrected chi connectivity index (χ2v) is 10.8. The minimum atomic E-state index is -0.623. The third kappa shape index (κ3) is 5.45. The number of piperidine rings is 2. The summed E-state index contributed by atoms with van der Waals surface area (Å²) in [6.45, 7) is 8.69. The Balaban J connectivity index is 1.52. The van der Waals surface area contributed by atoms with E-state index in [2.05, 4.69) is 4.90 Å². The van der Waals surface area contributed by atoms with Crippen LogP contribution in [0.25, 0.3) is 0 Å². The molecular weight excluding hydrogens is 426 g/mol. The standard InChI is InChI=1S/C25H36ClN3O3/c1-25(2,3)22(30)24(32)29-14-10-18(11-15-29)17-8-12-28(13-9-17)19-6-7-20(21(26)16-19)23(31)27(4)5/h6-7,16-18H,8-15H2,1-5H3. The number of anilines is 1. The van der Waals surface area contributed by atoms with Gasteiger partial charge in [-0.1, -0.05) is 32.4 Å². The fourth-order valence-electron chi connectivity index (χ4n) is 4.78. The Morgan fingerprint density at radius 3 is 1.94 bits per heavy atom. The number of likely N-dealkylation sites (tertiary alicyclic amines) is 1. The lowest BCUT2D eigenvalue weighted by atomic mass is 9.78. The summed E-state index contributed by atoms with van der Waals surface area (Å²) in [4.78, 5) is 42.6. The van der Waals surface area contributed by atoms with Crippen molar-refractivity contribution in [2.24, 2.45) is 17.3 Å². The third-order valence-corrected chi connectivity index (χ3v) is 7.18. The molecule has 0 spiro atoms. The van der Waals surface area contributed by atoms with E-state index in [0.29, 0.717) is 35.5 Å². The van der Waals surface area contributed by atoms with Gasteiger partial charge in [0.2, 0.25) is 5.78 Å². The summed E-state index contributed by atoms with van der Waals surface area (Å²) >= 11 is 6.40. The summed E-state index contributed by atoms with van der Waals surface area (Å²) in [7, 11) is 3.44. The molecule has 1 aromatic carbocycles. The maximum absolute atomic E-state index is 12.5. The Bertz CT molecular complexity index is 862. The summed E-state index contributed by atoms with van der Waals surface area (Å²) in [5, 5.41) is 0.491. The van der Waals surface area contributed by atoms with Gasteiger partial charge in [0, 0.05) is 51.4 Å². The molecule has 0 saturated carbocycles. The van der Waals surface area contributed by atoms with E-state index in [4.69, 9.17) is 11.6 Å². The molecule has 2 fully saturated rings. The zero-order chi connectivity index (χ0) is 23.6. The van der Waals surface area contributed by atoms with Crippen molar-refractivity contribution in [3.63, 3.8) is 0 Å². The van der Waals surface area contributed by atoms with Crippen LogP contribution in [0.1, 0.15) is 56.8 Å². The molecule has 2 heterocycles. The molecule has 3 rings (SSSR count). The zero-order valence-corrected chi connectivity index (χ0v) is 20.7. The summed E-state index contributed by atoms with van der Waals surface area (Å²) in [6, 6.07) is 5.70. The van der Waals surface area contributed by atoms with Crippen LogP contribution in [0.15, 0.2) is 18.2 Å². The Morgan fingerprint density at radius 1 is 0.938 bits per heavy atom. The minimum absolute atomic E-state index is 0.0886. The summed E-state index contributed by atoms with van der Waals surface area (Å²) in [5.74, 6) is 0.552. The molecule has 32 heavy (non-hydrogen) atoms. The fraction of sp³-hybridized carbons (Fsp3) is 0.640. The molecule has 2 aliphatic heterocycles. The number of hydrogen-bond acceptors (Lipinski definition) is 4. The van der Waals surface area contributed by atoms with Crippen molar-refractivity contribution in [3.05, 3.63) is 28.8 Å². The average molecular weight is 462 g/mol. The van der Waals surface area contributed by atoms with Crippen LogP contribution >= 0.6 is 11.6 Å². The lowest BCUT2D eigenvalue weighted by molar-refractivity contribution is -0.149. The highest BCUT2D eigenvalue weighted by molar-refractivity contribution is 6.37. The zero-order valence-electron chi connectivity index (χ0n) is 20.0. The molecule has 1 aromatic rings. The Morgan fingerprint density at radius 2 is 1.47 bits per heavy atom. The second-order valence-electron chi connectivity index (χ2n) is 10.4. The van der Waals surface area contributed by atoms with Gasteiger partial charge in [0.1, 0.15) is 0 Å². The van der Waals surface area contributed by atoms with E-state index in [1.165, 1.54) is 4.90 Å². The van der Waals surface area contributed by atoms with Crippen molar-refractivity contribution in [3.8, 4) is 0 Å². The topological polar surface area (TPSA) is 60.9 Å². The number of halogens is 1. The number of Topliss-reactive ketones (excluding diaryl/α,β-unsaturated/α-hetero) is 1. The number of hydrogen-bond donors (Lipinski definition) is 0. The van der Waals surface area contributed by atoms with Gasteiger partial charge in [-0.15, -0.1) is 0 Å². The van der Waals surface area contributed by atoms with E-state index in [-0.39, 0.29) is 17.6 Å². The predicted molar refractivity (Wildman–Crippen MR) is 128 cm³/mol. The van der Waals surface area contributed by atoms with Gasteiger partial charge in [-0.05, 0) is 55.7 Å².